The second kappa shape index (κ2) is 8.23. The molecule has 6 heteroatoms. The van der Waals surface area contributed by atoms with Crippen LogP contribution in [0.15, 0.2) is 52.3 Å². The molecule has 1 amide bonds. The summed E-state index contributed by atoms with van der Waals surface area (Å²) in [6.45, 7) is 4.36. The number of rotatable bonds is 3. The minimum Gasteiger partial charge on any atom is -0.348 e. The molecule has 4 nitrogen and oxygen atoms in total. The number of nitrogens with zero attached hydrogens (tertiary/aromatic N) is 2. The lowest BCUT2D eigenvalue weighted by molar-refractivity contribution is -0.123. The van der Waals surface area contributed by atoms with Gasteiger partial charge in [-0.3, -0.25) is 9.69 Å². The zero-order valence-electron chi connectivity index (χ0n) is 15.5. The van der Waals surface area contributed by atoms with Gasteiger partial charge in [0, 0.05) is 41.0 Å². The van der Waals surface area contributed by atoms with E-state index in [0.29, 0.717) is 11.6 Å². The monoisotopic (exact) mass is 401 g/mol. The van der Waals surface area contributed by atoms with Crippen molar-refractivity contribution in [3.8, 4) is 0 Å². The average molecular weight is 402 g/mol. The highest BCUT2D eigenvalue weighted by molar-refractivity contribution is 7.99. The summed E-state index contributed by atoms with van der Waals surface area (Å²) in [7, 11) is 2.12. The summed E-state index contributed by atoms with van der Waals surface area (Å²) < 4.78 is 0. The van der Waals surface area contributed by atoms with Gasteiger partial charge in [-0.1, -0.05) is 41.6 Å². The minimum atomic E-state index is -0.0604. The second-order valence-electron chi connectivity index (χ2n) is 7.30. The van der Waals surface area contributed by atoms with E-state index in [0.717, 1.165) is 43.1 Å². The predicted octanol–water partition coefficient (Wildman–Crippen LogP) is 3.45. The van der Waals surface area contributed by atoms with E-state index < -0.39 is 0 Å². The number of carbonyl (C=O) groups is 1. The molecule has 0 bridgehead atoms. The van der Waals surface area contributed by atoms with Crippen molar-refractivity contribution < 1.29 is 4.79 Å². The molecule has 2 heterocycles. The van der Waals surface area contributed by atoms with E-state index >= 15 is 0 Å². The normalized spacial score (nSPS) is 20.4. The number of likely N-dealkylation sites (N-methyl/N-ethyl adjacent to an activating group) is 1. The Kier molecular flexibility index (Phi) is 5.74. The summed E-state index contributed by atoms with van der Waals surface area (Å²) in [5.41, 5.74) is 2.37. The number of nitrogens with one attached hydrogen (secondary N) is 1. The Labute approximate surface area is 169 Å². The molecule has 142 valence electrons. The third kappa shape index (κ3) is 4.49. The van der Waals surface area contributed by atoms with Gasteiger partial charge in [-0.25, -0.2) is 0 Å². The molecule has 1 atom stereocenters. The molecule has 2 aliphatic rings. The smallest absolute Gasteiger partial charge is 0.234 e. The lowest BCUT2D eigenvalue weighted by atomic mass is 9.99. The second-order valence-corrected chi connectivity index (χ2v) is 8.82. The van der Waals surface area contributed by atoms with Gasteiger partial charge in [0.2, 0.25) is 5.91 Å². The number of halogens is 1. The first-order valence-electron chi connectivity index (χ1n) is 9.34. The van der Waals surface area contributed by atoms with Crippen molar-refractivity contribution in [3.05, 3.63) is 58.6 Å². The summed E-state index contributed by atoms with van der Waals surface area (Å²) in [4.78, 5) is 19.7. The molecular weight excluding hydrogens is 378 g/mol. The maximum absolute atomic E-state index is 12.8. The SMILES string of the molecule is CN1CCN(CC(=O)N[C@@H]2Cc3ccccc3Sc3ccc(Cl)cc32)CC1. The molecule has 2 aromatic rings. The van der Waals surface area contributed by atoms with Gasteiger partial charge in [0.15, 0.2) is 0 Å². The first-order chi connectivity index (χ1) is 13.1. The van der Waals surface area contributed by atoms with Gasteiger partial charge in [0.25, 0.3) is 0 Å². The maximum Gasteiger partial charge on any atom is 0.234 e. The zero-order valence-corrected chi connectivity index (χ0v) is 17.0. The zero-order chi connectivity index (χ0) is 18.8. The van der Waals surface area contributed by atoms with Crippen LogP contribution in [0.5, 0.6) is 0 Å². The molecule has 2 aromatic carbocycles. The highest BCUT2D eigenvalue weighted by atomic mass is 35.5. The molecule has 4 rings (SSSR count). The number of amides is 1. The predicted molar refractivity (Wildman–Crippen MR) is 111 cm³/mol. The number of fused-ring (bicyclic) bond motifs is 2. The summed E-state index contributed by atoms with van der Waals surface area (Å²) >= 11 is 8.03. The Balaban J connectivity index is 1.54. The van der Waals surface area contributed by atoms with Gasteiger partial charge < -0.3 is 10.2 Å². The Morgan fingerprint density at radius 1 is 1.15 bits per heavy atom. The van der Waals surface area contributed by atoms with E-state index in [9.17, 15) is 4.79 Å². The van der Waals surface area contributed by atoms with Gasteiger partial charge in [0.05, 0.1) is 12.6 Å². The number of hydrogen-bond donors (Lipinski definition) is 1. The number of hydrogen-bond acceptors (Lipinski definition) is 4. The summed E-state index contributed by atoms with van der Waals surface area (Å²) in [5, 5.41) is 3.98. The topological polar surface area (TPSA) is 35.6 Å². The quantitative estimate of drug-likeness (QED) is 0.854. The molecule has 0 radical (unpaired) electrons. The molecule has 0 aliphatic carbocycles. The van der Waals surface area contributed by atoms with Crippen molar-refractivity contribution in [3.63, 3.8) is 0 Å². The van der Waals surface area contributed by atoms with Crippen LogP contribution >= 0.6 is 23.4 Å². The van der Waals surface area contributed by atoms with Crippen LogP contribution < -0.4 is 5.32 Å². The van der Waals surface area contributed by atoms with Crippen molar-refractivity contribution in [2.45, 2.75) is 22.3 Å². The summed E-state index contributed by atoms with van der Waals surface area (Å²) in [6.07, 6.45) is 0.783. The molecular formula is C21H24ClN3OS. The molecule has 0 aromatic heterocycles. The van der Waals surface area contributed by atoms with Gasteiger partial charge in [0.1, 0.15) is 0 Å². The third-order valence-electron chi connectivity index (χ3n) is 5.26. The third-order valence-corrected chi connectivity index (χ3v) is 6.71. The number of carbonyl (C=O) groups excluding carboxylic acids is 1. The maximum atomic E-state index is 12.8. The fourth-order valence-electron chi connectivity index (χ4n) is 3.68. The van der Waals surface area contributed by atoms with Crippen LogP contribution in [0.2, 0.25) is 5.02 Å². The number of benzene rings is 2. The molecule has 0 spiro atoms. The van der Waals surface area contributed by atoms with Crippen LogP contribution in [0.3, 0.4) is 0 Å². The lowest BCUT2D eigenvalue weighted by Gasteiger charge is -2.32. The van der Waals surface area contributed by atoms with E-state index in [1.54, 1.807) is 11.8 Å². The van der Waals surface area contributed by atoms with Crippen molar-refractivity contribution in [2.24, 2.45) is 0 Å². The number of piperazine rings is 1. The average Bonchev–Trinajstić information content (AvgIpc) is 2.80. The van der Waals surface area contributed by atoms with Crippen LogP contribution in [0.25, 0.3) is 0 Å². The Morgan fingerprint density at radius 3 is 2.74 bits per heavy atom. The van der Waals surface area contributed by atoms with Crippen LogP contribution in [-0.4, -0.2) is 55.5 Å². The van der Waals surface area contributed by atoms with E-state index in [-0.39, 0.29) is 11.9 Å². The minimum absolute atomic E-state index is 0.0604. The van der Waals surface area contributed by atoms with Gasteiger partial charge in [-0.2, -0.15) is 0 Å². The molecule has 1 N–H and O–H groups in total. The highest BCUT2D eigenvalue weighted by Crippen LogP contribution is 2.41. The lowest BCUT2D eigenvalue weighted by Crippen LogP contribution is -2.48. The van der Waals surface area contributed by atoms with E-state index in [4.69, 9.17) is 11.6 Å². The van der Waals surface area contributed by atoms with Crippen LogP contribution in [0.4, 0.5) is 0 Å². The molecule has 0 saturated carbocycles. The van der Waals surface area contributed by atoms with Crippen LogP contribution in [0, 0.1) is 0 Å². The molecule has 1 saturated heterocycles. The molecule has 2 aliphatic heterocycles. The first-order valence-corrected chi connectivity index (χ1v) is 10.5. The fraction of sp³-hybridized carbons (Fsp3) is 0.381. The van der Waals surface area contributed by atoms with Crippen molar-refractivity contribution in [2.75, 3.05) is 39.8 Å². The molecule has 27 heavy (non-hydrogen) atoms. The van der Waals surface area contributed by atoms with Gasteiger partial charge >= 0.3 is 0 Å². The van der Waals surface area contributed by atoms with E-state index in [2.05, 4.69) is 52.5 Å². The van der Waals surface area contributed by atoms with Crippen molar-refractivity contribution >= 4 is 29.3 Å². The fourth-order valence-corrected chi connectivity index (χ4v) is 4.98. The van der Waals surface area contributed by atoms with Crippen molar-refractivity contribution in [1.82, 2.24) is 15.1 Å². The standard InChI is InChI=1S/C21H24ClN3OS/c1-24-8-10-25(11-9-24)14-21(26)23-18-12-15-4-2-3-5-19(15)27-20-7-6-16(22)13-17(18)20/h2-7,13,18H,8-12,14H2,1H3,(H,23,26)/t18-/m1/s1. The largest absolute Gasteiger partial charge is 0.348 e. The summed E-state index contributed by atoms with van der Waals surface area (Å²) in [5.74, 6) is 0.0832. The van der Waals surface area contributed by atoms with Crippen LogP contribution in [-0.2, 0) is 11.2 Å². The highest BCUT2D eigenvalue weighted by Gasteiger charge is 2.25. The van der Waals surface area contributed by atoms with E-state index in [1.165, 1.54) is 10.5 Å². The first kappa shape index (κ1) is 18.8. The Morgan fingerprint density at radius 2 is 1.93 bits per heavy atom. The van der Waals surface area contributed by atoms with Gasteiger partial charge in [-0.05, 0) is 48.9 Å². The van der Waals surface area contributed by atoms with Crippen molar-refractivity contribution in [1.29, 1.82) is 0 Å². The Hall–Kier alpha value is -1.53. The van der Waals surface area contributed by atoms with Gasteiger partial charge in [-0.15, -0.1) is 0 Å². The van der Waals surface area contributed by atoms with Crippen LogP contribution in [0.1, 0.15) is 17.2 Å². The summed E-state index contributed by atoms with van der Waals surface area (Å²) in [6, 6.07) is 14.3. The van der Waals surface area contributed by atoms with E-state index in [1.807, 2.05) is 12.1 Å². The Bertz CT molecular complexity index is 836. The molecule has 1 fully saturated rings. The molecule has 0 unspecified atom stereocenters.